The van der Waals surface area contributed by atoms with E-state index in [1.807, 2.05) is 0 Å². The second-order valence-electron chi connectivity index (χ2n) is 9.96. The lowest BCUT2D eigenvalue weighted by Crippen LogP contribution is -2.70. The van der Waals surface area contributed by atoms with E-state index >= 15 is 8.78 Å². The van der Waals surface area contributed by atoms with Crippen molar-refractivity contribution in [3.63, 3.8) is 0 Å². The minimum atomic E-state index is -2.33. The zero-order chi connectivity index (χ0) is 22.4. The summed E-state index contributed by atoms with van der Waals surface area (Å²) in [6, 6.07) is 0. The van der Waals surface area contributed by atoms with E-state index in [-0.39, 0.29) is 29.9 Å². The SMILES string of the molecule is C[C@@H]1CC2[C@@H]3C[C@H](F)C4=CC(=O)C(Cl)=C[C@]4(C)[C@@]3(F)[C@H](O)C[C@]2(C)[C@@]1(O)C(=O)CO. The van der Waals surface area contributed by atoms with Gasteiger partial charge < -0.3 is 15.3 Å². The zero-order valence-electron chi connectivity index (χ0n) is 17.2. The van der Waals surface area contributed by atoms with E-state index in [9.17, 15) is 24.9 Å². The molecule has 0 heterocycles. The Bertz CT molecular complexity index is 889. The smallest absolute Gasteiger partial charge is 0.196 e. The largest absolute Gasteiger partial charge is 0.390 e. The Morgan fingerprint density at radius 2 is 1.93 bits per heavy atom. The second-order valence-corrected chi connectivity index (χ2v) is 10.4. The minimum Gasteiger partial charge on any atom is -0.390 e. The number of carbonyl (C=O) groups is 2. The molecule has 4 aliphatic carbocycles. The molecule has 0 radical (unpaired) electrons. The first-order valence-electron chi connectivity index (χ1n) is 10.3. The van der Waals surface area contributed by atoms with Crippen LogP contribution in [-0.4, -0.2) is 57.0 Å². The lowest BCUT2D eigenvalue weighted by atomic mass is 9.44. The molecule has 4 rings (SSSR count). The average molecular weight is 445 g/mol. The predicted molar refractivity (Wildman–Crippen MR) is 105 cm³/mol. The van der Waals surface area contributed by atoms with Crippen molar-refractivity contribution in [1.29, 1.82) is 0 Å². The maximum absolute atomic E-state index is 17.0. The maximum atomic E-state index is 17.0. The van der Waals surface area contributed by atoms with Crippen molar-refractivity contribution in [3.8, 4) is 0 Å². The van der Waals surface area contributed by atoms with Crippen LogP contribution in [0.1, 0.15) is 40.0 Å². The fraction of sp³-hybridized carbons (Fsp3) is 0.727. The lowest BCUT2D eigenvalue weighted by molar-refractivity contribution is -0.223. The van der Waals surface area contributed by atoms with E-state index in [2.05, 4.69) is 0 Å². The number of hydrogen-bond donors (Lipinski definition) is 3. The molecule has 8 heteroatoms. The Morgan fingerprint density at radius 3 is 2.53 bits per heavy atom. The van der Waals surface area contributed by atoms with Gasteiger partial charge in [0.15, 0.2) is 17.2 Å². The highest BCUT2D eigenvalue weighted by Crippen LogP contribution is 2.71. The summed E-state index contributed by atoms with van der Waals surface area (Å²) in [5.41, 5.74) is -7.19. The summed E-state index contributed by atoms with van der Waals surface area (Å²) >= 11 is 6.02. The van der Waals surface area contributed by atoms with Gasteiger partial charge in [-0.15, -0.1) is 0 Å². The molecule has 0 aromatic heterocycles. The molecular weight excluding hydrogens is 418 g/mol. The molecule has 0 aromatic carbocycles. The fourth-order valence-corrected chi connectivity index (χ4v) is 7.58. The molecule has 0 spiro atoms. The third-order valence-corrected chi connectivity index (χ3v) is 9.13. The summed E-state index contributed by atoms with van der Waals surface area (Å²) < 4.78 is 32.3. The molecule has 30 heavy (non-hydrogen) atoms. The van der Waals surface area contributed by atoms with Crippen molar-refractivity contribution >= 4 is 23.2 Å². The number of ketones is 2. The van der Waals surface area contributed by atoms with Crippen LogP contribution >= 0.6 is 11.6 Å². The molecule has 5 nitrogen and oxygen atoms in total. The number of halogens is 3. The molecule has 3 fully saturated rings. The summed E-state index contributed by atoms with van der Waals surface area (Å²) in [5.74, 6) is -3.59. The quantitative estimate of drug-likeness (QED) is 0.608. The van der Waals surface area contributed by atoms with Crippen LogP contribution in [0.15, 0.2) is 22.8 Å². The fourth-order valence-electron chi connectivity index (χ4n) is 7.31. The molecule has 9 atom stereocenters. The van der Waals surface area contributed by atoms with Gasteiger partial charge in [-0.25, -0.2) is 8.78 Å². The normalized spacial score (nSPS) is 52.7. The van der Waals surface area contributed by atoms with Crippen LogP contribution in [0.4, 0.5) is 8.78 Å². The number of allylic oxidation sites excluding steroid dienone is 4. The molecule has 3 N–H and O–H groups in total. The average Bonchev–Trinajstić information content (AvgIpc) is 2.87. The van der Waals surface area contributed by atoms with Crippen molar-refractivity contribution in [2.75, 3.05) is 6.61 Å². The molecular formula is C22H27ClF2O5. The van der Waals surface area contributed by atoms with Crippen molar-refractivity contribution in [1.82, 2.24) is 0 Å². The number of fused-ring (bicyclic) bond motifs is 5. The second kappa shape index (κ2) is 6.44. The van der Waals surface area contributed by atoms with E-state index in [4.69, 9.17) is 11.6 Å². The first-order chi connectivity index (χ1) is 13.8. The van der Waals surface area contributed by atoms with Gasteiger partial charge in [-0.2, -0.15) is 0 Å². The molecule has 3 saturated carbocycles. The third-order valence-electron chi connectivity index (χ3n) is 8.84. The monoisotopic (exact) mass is 444 g/mol. The van der Waals surface area contributed by atoms with Gasteiger partial charge in [0.05, 0.1) is 11.1 Å². The first kappa shape index (κ1) is 22.1. The lowest BCUT2D eigenvalue weighted by Gasteiger charge is -2.63. The number of rotatable bonds is 2. The van der Waals surface area contributed by atoms with Gasteiger partial charge >= 0.3 is 0 Å². The van der Waals surface area contributed by atoms with Crippen LogP contribution in [0.3, 0.4) is 0 Å². The molecule has 1 unspecified atom stereocenters. The topological polar surface area (TPSA) is 94.8 Å². The van der Waals surface area contributed by atoms with Crippen LogP contribution in [0.5, 0.6) is 0 Å². The van der Waals surface area contributed by atoms with E-state index < -0.39 is 70.3 Å². The highest BCUT2D eigenvalue weighted by molar-refractivity contribution is 6.44. The number of Topliss-reactive ketones (excluding diaryl/α,β-unsaturated/α-hetero) is 1. The number of hydrogen-bond acceptors (Lipinski definition) is 5. The highest BCUT2D eigenvalue weighted by atomic mass is 35.5. The Morgan fingerprint density at radius 1 is 1.30 bits per heavy atom. The van der Waals surface area contributed by atoms with Crippen LogP contribution in [0, 0.1) is 28.6 Å². The molecule has 166 valence electrons. The number of aliphatic hydroxyl groups excluding tert-OH is 2. The van der Waals surface area contributed by atoms with Gasteiger partial charge in [-0.3, -0.25) is 9.59 Å². The molecule has 0 saturated heterocycles. The van der Waals surface area contributed by atoms with E-state index in [1.165, 1.54) is 13.0 Å². The van der Waals surface area contributed by atoms with Gasteiger partial charge in [0.2, 0.25) is 0 Å². The van der Waals surface area contributed by atoms with Crippen LogP contribution in [0.2, 0.25) is 0 Å². The molecule has 4 aliphatic rings. The molecule has 0 aliphatic heterocycles. The summed E-state index contributed by atoms with van der Waals surface area (Å²) in [4.78, 5) is 24.6. The van der Waals surface area contributed by atoms with Gasteiger partial charge in [0.1, 0.15) is 18.4 Å². The Labute approximate surface area is 178 Å². The number of alkyl halides is 2. The highest BCUT2D eigenvalue weighted by Gasteiger charge is 2.76. The van der Waals surface area contributed by atoms with E-state index in [1.54, 1.807) is 13.8 Å². The number of aliphatic hydroxyl groups is 3. The summed E-state index contributed by atoms with van der Waals surface area (Å²) in [7, 11) is 0. The van der Waals surface area contributed by atoms with Crippen LogP contribution in [-0.2, 0) is 9.59 Å². The van der Waals surface area contributed by atoms with Crippen LogP contribution < -0.4 is 0 Å². The molecule has 0 aromatic rings. The summed E-state index contributed by atoms with van der Waals surface area (Å²) in [5, 5.41) is 31.7. The Kier molecular flexibility index (Phi) is 4.73. The van der Waals surface area contributed by atoms with Crippen LogP contribution in [0.25, 0.3) is 0 Å². The maximum Gasteiger partial charge on any atom is 0.196 e. The molecule has 0 bridgehead atoms. The van der Waals surface area contributed by atoms with Crippen molar-refractivity contribution in [2.45, 2.75) is 63.6 Å². The van der Waals surface area contributed by atoms with Gasteiger partial charge in [0, 0.05) is 16.7 Å². The molecule has 0 amide bonds. The van der Waals surface area contributed by atoms with Crippen molar-refractivity contribution in [3.05, 3.63) is 22.8 Å². The summed E-state index contributed by atoms with van der Waals surface area (Å²) in [6.45, 7) is 3.84. The Hall–Kier alpha value is -1.15. The first-order valence-corrected chi connectivity index (χ1v) is 10.7. The minimum absolute atomic E-state index is 0.0361. The van der Waals surface area contributed by atoms with Gasteiger partial charge in [-0.05, 0) is 55.7 Å². The van der Waals surface area contributed by atoms with Crippen molar-refractivity contribution in [2.24, 2.45) is 28.6 Å². The van der Waals surface area contributed by atoms with E-state index in [0.717, 1.165) is 6.08 Å². The van der Waals surface area contributed by atoms with Gasteiger partial charge in [0.25, 0.3) is 0 Å². The van der Waals surface area contributed by atoms with Gasteiger partial charge in [-0.1, -0.05) is 25.4 Å². The Balaban J connectivity index is 1.89. The standard InChI is InChI=1S/C22H27ClF2O5/c1-10-4-11-12-5-15(24)13-6-16(27)14(23)7-19(13,2)21(12,25)17(28)8-20(11,3)22(10,30)18(29)9-26/h6-7,10-12,15,17,26,28,30H,4-5,8-9H2,1-3H3/t10-,11?,12+,15+,17-,19+,20+,21+,22+/m1/s1. The zero-order valence-corrected chi connectivity index (χ0v) is 17.9. The number of carbonyl (C=O) groups excluding carboxylic acids is 2. The van der Waals surface area contributed by atoms with Crippen molar-refractivity contribution < 1.29 is 33.7 Å². The predicted octanol–water partition coefficient (Wildman–Crippen LogP) is 2.41. The third kappa shape index (κ3) is 2.27. The van der Waals surface area contributed by atoms with E-state index in [0.29, 0.717) is 0 Å². The summed E-state index contributed by atoms with van der Waals surface area (Å²) in [6.07, 6.45) is -1.28.